The van der Waals surface area contributed by atoms with E-state index in [1.54, 1.807) is 6.92 Å². The minimum absolute atomic E-state index is 0.228. The Morgan fingerprint density at radius 2 is 2.29 bits per heavy atom. The lowest BCUT2D eigenvalue weighted by atomic mass is 10.2. The molecule has 5 nitrogen and oxygen atoms in total. The minimum Gasteiger partial charge on any atom is -0.335 e. The SMILES string of the molecule is Cc1nc2onc(-c3ccc(Br)s3)c2c(=O)[nH]1. The van der Waals surface area contributed by atoms with Crippen LogP contribution in [-0.2, 0) is 0 Å². The molecule has 86 valence electrons. The van der Waals surface area contributed by atoms with Gasteiger partial charge in [0.15, 0.2) is 0 Å². The van der Waals surface area contributed by atoms with Crippen LogP contribution in [0.3, 0.4) is 0 Å². The topological polar surface area (TPSA) is 71.8 Å². The zero-order valence-electron chi connectivity index (χ0n) is 8.65. The third-order valence-corrected chi connectivity index (χ3v) is 3.90. The Kier molecular flexibility index (Phi) is 2.37. The molecule has 0 saturated heterocycles. The van der Waals surface area contributed by atoms with Crippen LogP contribution in [0, 0.1) is 6.92 Å². The van der Waals surface area contributed by atoms with Crippen LogP contribution >= 0.6 is 27.3 Å². The molecule has 0 spiro atoms. The number of aromatic amines is 1. The fourth-order valence-electron chi connectivity index (χ4n) is 1.58. The second kappa shape index (κ2) is 3.78. The standard InChI is InChI=1S/C10H6BrN3O2S/c1-4-12-9(15)7-8(14-16-10(7)13-4)5-2-3-6(11)17-5/h2-3H,1H3,(H,12,13,15). The van der Waals surface area contributed by atoms with Crippen molar-refractivity contribution in [1.82, 2.24) is 15.1 Å². The summed E-state index contributed by atoms with van der Waals surface area (Å²) in [5.41, 5.74) is 0.573. The van der Waals surface area contributed by atoms with Gasteiger partial charge in [-0.05, 0) is 35.0 Å². The molecule has 1 N–H and O–H groups in total. The molecule has 0 bridgehead atoms. The Labute approximate surface area is 108 Å². The van der Waals surface area contributed by atoms with Gasteiger partial charge in [0.05, 0.1) is 8.66 Å². The molecule has 0 unspecified atom stereocenters. The van der Waals surface area contributed by atoms with Gasteiger partial charge in [0.25, 0.3) is 11.3 Å². The number of nitrogens with zero attached hydrogens (tertiary/aromatic N) is 2. The second-order valence-electron chi connectivity index (χ2n) is 3.47. The van der Waals surface area contributed by atoms with Gasteiger partial charge in [0.2, 0.25) is 0 Å². The minimum atomic E-state index is -0.228. The summed E-state index contributed by atoms with van der Waals surface area (Å²) in [6, 6.07) is 3.78. The van der Waals surface area contributed by atoms with Crippen molar-refractivity contribution in [2.75, 3.05) is 0 Å². The van der Waals surface area contributed by atoms with Gasteiger partial charge >= 0.3 is 0 Å². The van der Waals surface area contributed by atoms with Crippen molar-refractivity contribution in [2.45, 2.75) is 6.92 Å². The van der Waals surface area contributed by atoms with Gasteiger partial charge < -0.3 is 9.51 Å². The van der Waals surface area contributed by atoms with Crippen molar-refractivity contribution < 1.29 is 4.52 Å². The van der Waals surface area contributed by atoms with Gasteiger partial charge in [-0.25, -0.2) is 0 Å². The summed E-state index contributed by atoms with van der Waals surface area (Å²) in [6.07, 6.45) is 0. The van der Waals surface area contributed by atoms with Gasteiger partial charge in [0.1, 0.15) is 16.9 Å². The average Bonchev–Trinajstić information content (AvgIpc) is 2.83. The molecule has 0 amide bonds. The maximum absolute atomic E-state index is 11.9. The molecule has 0 fully saturated rings. The smallest absolute Gasteiger partial charge is 0.265 e. The first-order valence-corrected chi connectivity index (χ1v) is 6.38. The van der Waals surface area contributed by atoms with E-state index < -0.39 is 0 Å². The van der Waals surface area contributed by atoms with E-state index in [1.165, 1.54) is 11.3 Å². The summed E-state index contributed by atoms with van der Waals surface area (Å²) >= 11 is 4.86. The van der Waals surface area contributed by atoms with Crippen LogP contribution in [0.5, 0.6) is 0 Å². The highest BCUT2D eigenvalue weighted by atomic mass is 79.9. The molecular weight excluding hydrogens is 306 g/mol. The van der Waals surface area contributed by atoms with E-state index in [-0.39, 0.29) is 11.3 Å². The maximum atomic E-state index is 11.9. The largest absolute Gasteiger partial charge is 0.335 e. The summed E-state index contributed by atoms with van der Waals surface area (Å²) in [4.78, 5) is 19.5. The number of thiophene rings is 1. The molecule has 0 aliphatic heterocycles. The Balaban J connectivity index is 2.35. The summed E-state index contributed by atoms with van der Waals surface area (Å²) in [5, 5.41) is 4.31. The number of nitrogens with one attached hydrogen (secondary N) is 1. The predicted molar refractivity (Wildman–Crippen MR) is 68.2 cm³/mol. The summed E-state index contributed by atoms with van der Waals surface area (Å²) in [5.74, 6) is 0.512. The third kappa shape index (κ3) is 1.71. The van der Waals surface area contributed by atoms with Crippen molar-refractivity contribution in [3.8, 4) is 10.6 Å². The van der Waals surface area contributed by atoms with Crippen LogP contribution in [0.2, 0.25) is 0 Å². The first-order chi connectivity index (χ1) is 8.15. The quantitative estimate of drug-likeness (QED) is 0.750. The van der Waals surface area contributed by atoms with Gasteiger partial charge in [-0.15, -0.1) is 11.3 Å². The molecule has 3 heterocycles. The molecule has 0 atom stereocenters. The van der Waals surface area contributed by atoms with E-state index in [1.807, 2.05) is 12.1 Å². The van der Waals surface area contributed by atoms with Gasteiger partial charge in [-0.2, -0.15) is 4.98 Å². The maximum Gasteiger partial charge on any atom is 0.265 e. The zero-order valence-corrected chi connectivity index (χ0v) is 11.1. The predicted octanol–water partition coefficient (Wildman–Crippen LogP) is 2.71. The number of rotatable bonds is 1. The van der Waals surface area contributed by atoms with Crippen molar-refractivity contribution >= 4 is 38.4 Å². The monoisotopic (exact) mass is 311 g/mol. The molecule has 3 aromatic heterocycles. The molecular formula is C10H6BrN3O2S. The highest BCUT2D eigenvalue weighted by Gasteiger charge is 2.16. The molecule has 0 aromatic carbocycles. The molecule has 0 aliphatic rings. The highest BCUT2D eigenvalue weighted by Crippen LogP contribution is 2.33. The molecule has 7 heteroatoms. The Morgan fingerprint density at radius 3 is 3.00 bits per heavy atom. The number of hydrogen-bond acceptors (Lipinski definition) is 5. The first kappa shape index (κ1) is 10.7. The second-order valence-corrected chi connectivity index (χ2v) is 5.93. The lowest BCUT2D eigenvalue weighted by Crippen LogP contribution is -2.08. The van der Waals surface area contributed by atoms with Crippen molar-refractivity contribution in [3.05, 3.63) is 32.1 Å². The fraction of sp³-hybridized carbons (Fsp3) is 0.100. The van der Waals surface area contributed by atoms with Crippen LogP contribution in [0.25, 0.3) is 21.7 Å². The summed E-state index contributed by atoms with van der Waals surface area (Å²) < 4.78 is 6.06. The molecule has 3 rings (SSSR count). The van der Waals surface area contributed by atoms with Crippen LogP contribution in [0.15, 0.2) is 25.2 Å². The van der Waals surface area contributed by atoms with E-state index in [0.717, 1.165) is 8.66 Å². The van der Waals surface area contributed by atoms with Crippen molar-refractivity contribution in [2.24, 2.45) is 0 Å². The lowest BCUT2D eigenvalue weighted by Gasteiger charge is -1.91. The van der Waals surface area contributed by atoms with E-state index in [9.17, 15) is 4.79 Å². The highest BCUT2D eigenvalue weighted by molar-refractivity contribution is 9.11. The normalized spacial score (nSPS) is 11.2. The van der Waals surface area contributed by atoms with Gasteiger partial charge in [-0.3, -0.25) is 4.79 Å². The van der Waals surface area contributed by atoms with Crippen molar-refractivity contribution in [1.29, 1.82) is 0 Å². The number of fused-ring (bicyclic) bond motifs is 1. The van der Waals surface area contributed by atoms with E-state index >= 15 is 0 Å². The Hall–Kier alpha value is -1.47. The summed E-state index contributed by atoms with van der Waals surface area (Å²) in [6.45, 7) is 1.70. The molecule has 0 radical (unpaired) electrons. The Morgan fingerprint density at radius 1 is 1.47 bits per heavy atom. The molecule has 0 saturated carbocycles. The number of hydrogen-bond donors (Lipinski definition) is 1. The fourth-order valence-corrected chi connectivity index (χ4v) is 2.95. The van der Waals surface area contributed by atoms with Crippen LogP contribution in [0.1, 0.15) is 5.82 Å². The van der Waals surface area contributed by atoms with E-state index in [0.29, 0.717) is 16.9 Å². The van der Waals surface area contributed by atoms with Crippen LogP contribution < -0.4 is 5.56 Å². The van der Waals surface area contributed by atoms with Gasteiger partial charge in [0, 0.05) is 0 Å². The van der Waals surface area contributed by atoms with Crippen molar-refractivity contribution in [3.63, 3.8) is 0 Å². The first-order valence-electron chi connectivity index (χ1n) is 4.77. The molecule has 3 aromatic rings. The molecule has 17 heavy (non-hydrogen) atoms. The number of aromatic nitrogens is 3. The zero-order chi connectivity index (χ0) is 12.0. The van der Waals surface area contributed by atoms with E-state index in [2.05, 4.69) is 31.1 Å². The third-order valence-electron chi connectivity index (χ3n) is 2.27. The molecule has 0 aliphatic carbocycles. The van der Waals surface area contributed by atoms with Gasteiger partial charge in [-0.1, -0.05) is 5.16 Å². The van der Waals surface area contributed by atoms with Crippen LogP contribution in [-0.4, -0.2) is 15.1 Å². The Bertz CT molecular complexity index is 758. The van der Waals surface area contributed by atoms with Crippen LogP contribution in [0.4, 0.5) is 0 Å². The number of halogens is 1. The lowest BCUT2D eigenvalue weighted by molar-refractivity contribution is 0.451. The summed E-state index contributed by atoms with van der Waals surface area (Å²) in [7, 11) is 0. The average molecular weight is 312 g/mol. The number of aryl methyl sites for hydroxylation is 1. The van der Waals surface area contributed by atoms with E-state index in [4.69, 9.17) is 4.52 Å². The number of H-pyrrole nitrogens is 1.